The van der Waals surface area contributed by atoms with Crippen molar-refractivity contribution in [2.45, 2.75) is 26.2 Å². The van der Waals surface area contributed by atoms with Gasteiger partial charge in [0.25, 0.3) is 0 Å². The Hall–Kier alpha value is -1.12. The van der Waals surface area contributed by atoms with Crippen molar-refractivity contribution in [3.8, 4) is 5.75 Å². The van der Waals surface area contributed by atoms with Crippen LogP contribution in [0.2, 0.25) is 0 Å². The molecule has 0 bridgehead atoms. The summed E-state index contributed by atoms with van der Waals surface area (Å²) >= 11 is 0. The van der Waals surface area contributed by atoms with Gasteiger partial charge in [0, 0.05) is 6.42 Å². The number of alkyl halides is 2. The van der Waals surface area contributed by atoms with Crippen molar-refractivity contribution < 1.29 is 13.5 Å². The highest BCUT2D eigenvalue weighted by molar-refractivity contribution is 5.36. The van der Waals surface area contributed by atoms with Crippen molar-refractivity contribution in [1.82, 2.24) is 0 Å². The van der Waals surface area contributed by atoms with Gasteiger partial charge in [0.05, 0.1) is 7.11 Å². The molecule has 0 N–H and O–H groups in total. The maximum atomic E-state index is 12.7. The van der Waals surface area contributed by atoms with Crippen LogP contribution < -0.4 is 4.74 Å². The predicted octanol–water partition coefficient (Wildman–Crippen LogP) is 3.20. The molecule has 0 aliphatic carbocycles. The molecule has 0 atom stereocenters. The first-order chi connectivity index (χ1) is 6.42. The summed E-state index contributed by atoms with van der Waals surface area (Å²) in [5.41, 5.74) is 1.52. The molecule has 1 aromatic carbocycles. The molecule has 1 rings (SSSR count). The van der Waals surface area contributed by atoms with E-state index in [1.807, 2.05) is 6.92 Å². The zero-order valence-electron chi connectivity index (χ0n) is 8.60. The van der Waals surface area contributed by atoms with Gasteiger partial charge in [-0.3, -0.25) is 0 Å². The third kappa shape index (κ3) is 2.98. The Morgan fingerprint density at radius 2 is 2.00 bits per heavy atom. The monoisotopic (exact) mass is 200 g/mol. The number of halogens is 2. The normalized spacial score (nSPS) is 11.5. The van der Waals surface area contributed by atoms with Crippen LogP contribution in [-0.2, 0) is 6.42 Å². The Morgan fingerprint density at radius 1 is 1.36 bits per heavy atom. The van der Waals surface area contributed by atoms with Crippen LogP contribution in [0, 0.1) is 6.92 Å². The lowest BCUT2D eigenvalue weighted by Crippen LogP contribution is -2.13. The molecule has 3 heteroatoms. The molecule has 0 amide bonds. The smallest absolute Gasteiger partial charge is 0.249 e. The SMILES string of the molecule is COc1ccc(CC(C)(F)F)cc1C. The Bertz CT molecular complexity index is 316. The van der Waals surface area contributed by atoms with Crippen LogP contribution in [0.25, 0.3) is 0 Å². The molecule has 0 saturated heterocycles. The van der Waals surface area contributed by atoms with Gasteiger partial charge in [-0.15, -0.1) is 0 Å². The average molecular weight is 200 g/mol. The number of rotatable bonds is 3. The highest BCUT2D eigenvalue weighted by Crippen LogP contribution is 2.23. The molecular formula is C11H14F2O. The van der Waals surface area contributed by atoms with E-state index in [0.29, 0.717) is 5.56 Å². The highest BCUT2D eigenvalue weighted by Gasteiger charge is 2.21. The molecule has 1 nitrogen and oxygen atoms in total. The lowest BCUT2D eigenvalue weighted by atomic mass is 10.1. The van der Waals surface area contributed by atoms with E-state index in [1.165, 1.54) is 0 Å². The van der Waals surface area contributed by atoms with Crippen LogP contribution in [0.5, 0.6) is 5.75 Å². The van der Waals surface area contributed by atoms with Gasteiger partial charge < -0.3 is 4.74 Å². The van der Waals surface area contributed by atoms with Crippen LogP contribution >= 0.6 is 0 Å². The fraction of sp³-hybridized carbons (Fsp3) is 0.455. The third-order valence-corrected chi connectivity index (χ3v) is 1.97. The van der Waals surface area contributed by atoms with Crippen molar-refractivity contribution in [3.63, 3.8) is 0 Å². The topological polar surface area (TPSA) is 9.23 Å². The fourth-order valence-corrected chi connectivity index (χ4v) is 1.41. The van der Waals surface area contributed by atoms with Crippen molar-refractivity contribution >= 4 is 0 Å². The molecule has 0 aromatic heterocycles. The van der Waals surface area contributed by atoms with E-state index in [-0.39, 0.29) is 6.42 Å². The van der Waals surface area contributed by atoms with E-state index in [9.17, 15) is 8.78 Å². The average Bonchev–Trinajstić information content (AvgIpc) is 2.01. The lowest BCUT2D eigenvalue weighted by molar-refractivity contribution is 0.0226. The van der Waals surface area contributed by atoms with Crippen LogP contribution in [0.4, 0.5) is 8.78 Å². The Labute approximate surface area is 82.7 Å². The van der Waals surface area contributed by atoms with E-state index in [2.05, 4.69) is 0 Å². The van der Waals surface area contributed by atoms with E-state index in [4.69, 9.17) is 4.74 Å². The molecule has 1 aromatic rings. The summed E-state index contributed by atoms with van der Waals surface area (Å²) in [7, 11) is 1.57. The quantitative estimate of drug-likeness (QED) is 0.728. The van der Waals surface area contributed by atoms with Crippen LogP contribution in [-0.4, -0.2) is 13.0 Å². The molecule has 0 radical (unpaired) electrons. The first-order valence-corrected chi connectivity index (χ1v) is 4.44. The summed E-state index contributed by atoms with van der Waals surface area (Å²) in [4.78, 5) is 0. The number of aryl methyl sites for hydroxylation is 1. The molecule has 0 heterocycles. The third-order valence-electron chi connectivity index (χ3n) is 1.97. The van der Waals surface area contributed by atoms with Gasteiger partial charge in [-0.05, 0) is 31.0 Å². The molecule has 0 spiro atoms. The maximum Gasteiger partial charge on any atom is 0.249 e. The minimum Gasteiger partial charge on any atom is -0.496 e. The number of hydrogen-bond acceptors (Lipinski definition) is 1. The van der Waals surface area contributed by atoms with Gasteiger partial charge in [0.1, 0.15) is 5.75 Å². The second kappa shape index (κ2) is 3.95. The molecular weight excluding hydrogens is 186 g/mol. The number of benzene rings is 1. The Balaban J connectivity index is 2.87. The molecule has 78 valence electrons. The van der Waals surface area contributed by atoms with Crippen molar-refractivity contribution in [3.05, 3.63) is 29.3 Å². The molecule has 0 saturated carbocycles. The standard InChI is InChI=1S/C11H14F2O/c1-8-6-9(7-11(2,12)13)4-5-10(8)14-3/h4-6H,7H2,1-3H3. The fourth-order valence-electron chi connectivity index (χ4n) is 1.41. The van der Waals surface area contributed by atoms with Crippen molar-refractivity contribution in [1.29, 1.82) is 0 Å². The summed E-state index contributed by atoms with van der Waals surface area (Å²) < 4.78 is 30.4. The highest BCUT2D eigenvalue weighted by atomic mass is 19.3. The molecule has 0 aliphatic rings. The van der Waals surface area contributed by atoms with Gasteiger partial charge >= 0.3 is 0 Å². The summed E-state index contributed by atoms with van der Waals surface area (Å²) in [5.74, 6) is -1.92. The maximum absolute atomic E-state index is 12.7. The summed E-state index contributed by atoms with van der Waals surface area (Å²) in [6.07, 6.45) is -0.224. The first-order valence-electron chi connectivity index (χ1n) is 4.44. The number of methoxy groups -OCH3 is 1. The minimum atomic E-state index is -2.65. The summed E-state index contributed by atoms with van der Waals surface area (Å²) in [6.45, 7) is 2.77. The van der Waals surface area contributed by atoms with Crippen molar-refractivity contribution in [2.24, 2.45) is 0 Å². The van der Waals surface area contributed by atoms with Crippen LogP contribution in [0.15, 0.2) is 18.2 Å². The van der Waals surface area contributed by atoms with Gasteiger partial charge in [-0.25, -0.2) is 8.78 Å². The lowest BCUT2D eigenvalue weighted by Gasteiger charge is -2.11. The van der Waals surface area contributed by atoms with Crippen LogP contribution in [0.1, 0.15) is 18.1 Å². The zero-order valence-corrected chi connectivity index (χ0v) is 8.60. The summed E-state index contributed by atoms with van der Waals surface area (Å²) in [5, 5.41) is 0. The van der Waals surface area contributed by atoms with E-state index < -0.39 is 5.92 Å². The predicted molar refractivity (Wildman–Crippen MR) is 52.1 cm³/mol. The molecule has 0 unspecified atom stereocenters. The molecule has 0 fully saturated rings. The second-order valence-corrected chi connectivity index (χ2v) is 3.55. The summed E-state index contributed by atoms with van der Waals surface area (Å²) in [6, 6.07) is 5.12. The van der Waals surface area contributed by atoms with Crippen LogP contribution in [0.3, 0.4) is 0 Å². The minimum absolute atomic E-state index is 0.224. The largest absolute Gasteiger partial charge is 0.496 e. The number of ether oxygens (including phenoxy) is 1. The van der Waals surface area contributed by atoms with E-state index in [1.54, 1.807) is 25.3 Å². The second-order valence-electron chi connectivity index (χ2n) is 3.55. The zero-order chi connectivity index (χ0) is 10.8. The van der Waals surface area contributed by atoms with Gasteiger partial charge in [0.2, 0.25) is 5.92 Å². The van der Waals surface area contributed by atoms with Gasteiger partial charge in [-0.1, -0.05) is 12.1 Å². The van der Waals surface area contributed by atoms with Crippen molar-refractivity contribution in [2.75, 3.05) is 7.11 Å². The first kappa shape index (κ1) is 11.0. The van der Waals surface area contributed by atoms with Gasteiger partial charge in [0.15, 0.2) is 0 Å². The Morgan fingerprint density at radius 3 is 2.43 bits per heavy atom. The van der Waals surface area contributed by atoms with E-state index in [0.717, 1.165) is 18.2 Å². The van der Waals surface area contributed by atoms with E-state index >= 15 is 0 Å². The van der Waals surface area contributed by atoms with Gasteiger partial charge in [-0.2, -0.15) is 0 Å². The molecule has 14 heavy (non-hydrogen) atoms. The number of hydrogen-bond donors (Lipinski definition) is 0. The molecule has 0 aliphatic heterocycles. The Kier molecular flexibility index (Phi) is 3.09.